The fraction of sp³-hybridized carbons (Fsp3) is 0.889. The molecule has 0 aliphatic heterocycles. The molecule has 3 unspecified atom stereocenters. The van der Waals surface area contributed by atoms with Gasteiger partial charge in [-0.2, -0.15) is 0 Å². The number of hydrogen-bond acceptors (Lipinski definition) is 2. The predicted molar refractivity (Wildman–Crippen MR) is 52.7 cm³/mol. The van der Waals surface area contributed by atoms with Gasteiger partial charge in [0.15, 0.2) is 0 Å². The van der Waals surface area contributed by atoms with Crippen LogP contribution in [0.3, 0.4) is 0 Å². The van der Waals surface area contributed by atoms with E-state index in [1.165, 1.54) is 0 Å². The van der Waals surface area contributed by atoms with Crippen LogP contribution in [0.15, 0.2) is 0 Å². The van der Waals surface area contributed by atoms with Gasteiger partial charge in [0.25, 0.3) is 0 Å². The lowest BCUT2D eigenvalue weighted by molar-refractivity contribution is -0.116. The second kappa shape index (κ2) is 5.46. The van der Waals surface area contributed by atoms with Gasteiger partial charge >= 0.3 is 0 Å². The molecule has 12 heavy (non-hydrogen) atoms. The first-order valence-electron chi connectivity index (χ1n) is 4.37. The summed E-state index contributed by atoms with van der Waals surface area (Å²) < 4.78 is 11.6. The highest BCUT2D eigenvalue weighted by Gasteiger charge is 2.17. The summed E-state index contributed by atoms with van der Waals surface area (Å²) in [4.78, 5) is 10.7. The topological polar surface area (TPSA) is 34.1 Å². The smallest absolute Gasteiger partial charge is 0.131 e. The third kappa shape index (κ3) is 4.00. The second-order valence-electron chi connectivity index (χ2n) is 3.26. The Morgan fingerprint density at radius 1 is 1.33 bits per heavy atom. The summed E-state index contributed by atoms with van der Waals surface area (Å²) in [6, 6.07) is 0. The number of rotatable bonds is 5. The number of carbonyl (C=O) groups is 1. The van der Waals surface area contributed by atoms with Crippen LogP contribution in [0.4, 0.5) is 0 Å². The maximum atomic E-state index is 11.6. The minimum Gasteiger partial charge on any atom is -0.300 e. The van der Waals surface area contributed by atoms with Crippen LogP contribution >= 0.6 is 0 Å². The molecule has 0 radical (unpaired) electrons. The van der Waals surface area contributed by atoms with Gasteiger partial charge in [0, 0.05) is 27.7 Å². The average molecular weight is 190 g/mol. The van der Waals surface area contributed by atoms with E-state index >= 15 is 0 Å². The van der Waals surface area contributed by atoms with Crippen molar-refractivity contribution in [2.45, 2.75) is 51.0 Å². The molecule has 0 amide bonds. The van der Waals surface area contributed by atoms with E-state index in [1.807, 2.05) is 20.8 Å². The van der Waals surface area contributed by atoms with Crippen LogP contribution in [0.25, 0.3) is 0 Å². The van der Waals surface area contributed by atoms with Gasteiger partial charge in [-0.1, -0.05) is 20.8 Å². The Labute approximate surface area is 77.2 Å². The molecular weight excluding hydrogens is 172 g/mol. The summed E-state index contributed by atoms with van der Waals surface area (Å²) in [6.07, 6.45) is 1.35. The summed E-state index contributed by atoms with van der Waals surface area (Å²) in [5, 5.41) is 0.219. The molecule has 0 bridgehead atoms. The van der Waals surface area contributed by atoms with Crippen molar-refractivity contribution in [2.75, 3.05) is 0 Å². The largest absolute Gasteiger partial charge is 0.300 e. The maximum absolute atomic E-state index is 11.6. The molecule has 0 aromatic carbocycles. The molecule has 3 heteroatoms. The van der Waals surface area contributed by atoms with Gasteiger partial charge in [-0.25, -0.2) is 0 Å². The first-order valence-corrected chi connectivity index (χ1v) is 5.65. The van der Waals surface area contributed by atoms with E-state index in [4.69, 9.17) is 0 Å². The Bertz CT molecular complexity index is 177. The Kier molecular flexibility index (Phi) is 5.38. The van der Waals surface area contributed by atoms with E-state index in [0.29, 0.717) is 6.42 Å². The third-order valence-corrected chi connectivity index (χ3v) is 4.03. The molecular formula is C9H18O2S. The quantitative estimate of drug-likeness (QED) is 0.663. The van der Waals surface area contributed by atoms with E-state index in [2.05, 4.69) is 0 Å². The third-order valence-electron chi connectivity index (χ3n) is 1.94. The van der Waals surface area contributed by atoms with Crippen molar-refractivity contribution < 1.29 is 9.00 Å². The van der Waals surface area contributed by atoms with Crippen molar-refractivity contribution in [3.8, 4) is 0 Å². The highest BCUT2D eigenvalue weighted by atomic mass is 32.2. The van der Waals surface area contributed by atoms with Gasteiger partial charge < -0.3 is 0 Å². The van der Waals surface area contributed by atoms with Gasteiger partial charge in [0.2, 0.25) is 0 Å². The number of hydrogen-bond donors (Lipinski definition) is 0. The minimum atomic E-state index is -0.851. The van der Waals surface area contributed by atoms with Crippen LogP contribution in [0, 0.1) is 0 Å². The molecule has 0 aromatic rings. The van der Waals surface area contributed by atoms with Crippen molar-refractivity contribution >= 4 is 16.6 Å². The van der Waals surface area contributed by atoms with Crippen LogP contribution in [0.1, 0.15) is 40.5 Å². The van der Waals surface area contributed by atoms with Crippen molar-refractivity contribution in [1.29, 1.82) is 0 Å². The molecule has 0 aliphatic rings. The first kappa shape index (κ1) is 11.8. The minimum absolute atomic E-state index is 0.0115. The summed E-state index contributed by atoms with van der Waals surface area (Å²) in [5.41, 5.74) is 0. The monoisotopic (exact) mass is 190 g/mol. The zero-order chi connectivity index (χ0) is 9.72. The standard InChI is InChI=1S/C9H18O2S/c1-5-8(3)12(11)9(4)6-7(2)10/h8-9H,5-6H2,1-4H3. The summed E-state index contributed by atoms with van der Waals surface area (Å²) in [7, 11) is -0.851. The number of carbonyl (C=O) groups excluding carboxylic acids is 1. The van der Waals surface area contributed by atoms with E-state index in [-0.39, 0.29) is 16.3 Å². The molecule has 0 rings (SSSR count). The van der Waals surface area contributed by atoms with Gasteiger partial charge in [0.1, 0.15) is 5.78 Å². The van der Waals surface area contributed by atoms with Crippen LogP contribution < -0.4 is 0 Å². The van der Waals surface area contributed by atoms with E-state index < -0.39 is 10.8 Å². The molecule has 0 aromatic heterocycles. The fourth-order valence-corrected chi connectivity index (χ4v) is 2.57. The van der Waals surface area contributed by atoms with Gasteiger partial charge in [-0.15, -0.1) is 0 Å². The lowest BCUT2D eigenvalue weighted by Gasteiger charge is -2.14. The molecule has 0 fully saturated rings. The SMILES string of the molecule is CCC(C)S(=O)C(C)CC(C)=O. The molecule has 0 N–H and O–H groups in total. The van der Waals surface area contributed by atoms with Gasteiger partial charge in [-0.05, 0) is 13.3 Å². The van der Waals surface area contributed by atoms with Gasteiger partial charge in [0.05, 0.1) is 0 Å². The van der Waals surface area contributed by atoms with Crippen LogP contribution in [0.5, 0.6) is 0 Å². The van der Waals surface area contributed by atoms with Crippen molar-refractivity contribution in [2.24, 2.45) is 0 Å². The molecule has 2 nitrogen and oxygen atoms in total. The zero-order valence-corrected chi connectivity index (χ0v) is 9.11. The molecule has 0 saturated carbocycles. The Balaban J connectivity index is 4.01. The average Bonchev–Trinajstić information content (AvgIpc) is 2.00. The normalized spacial score (nSPS) is 18.3. The molecule has 0 aliphatic carbocycles. The maximum Gasteiger partial charge on any atom is 0.131 e. The van der Waals surface area contributed by atoms with Crippen LogP contribution in [-0.4, -0.2) is 20.5 Å². The molecule has 0 heterocycles. The fourth-order valence-electron chi connectivity index (χ4n) is 1.05. The van der Waals surface area contributed by atoms with Gasteiger partial charge in [-0.3, -0.25) is 9.00 Å². The molecule has 0 saturated heterocycles. The highest BCUT2D eigenvalue weighted by Crippen LogP contribution is 2.10. The molecule has 0 spiro atoms. The summed E-state index contributed by atoms with van der Waals surface area (Å²) >= 11 is 0. The van der Waals surface area contributed by atoms with E-state index in [0.717, 1.165) is 6.42 Å². The summed E-state index contributed by atoms with van der Waals surface area (Å²) in [6.45, 7) is 7.41. The first-order chi connectivity index (χ1) is 5.49. The molecule has 3 atom stereocenters. The second-order valence-corrected chi connectivity index (χ2v) is 5.53. The van der Waals surface area contributed by atoms with Crippen molar-refractivity contribution in [3.05, 3.63) is 0 Å². The highest BCUT2D eigenvalue weighted by molar-refractivity contribution is 7.86. The predicted octanol–water partition coefficient (Wildman–Crippen LogP) is 1.90. The van der Waals surface area contributed by atoms with E-state index in [9.17, 15) is 9.00 Å². The van der Waals surface area contributed by atoms with Crippen molar-refractivity contribution in [3.63, 3.8) is 0 Å². The summed E-state index contributed by atoms with van der Waals surface area (Å²) in [5.74, 6) is 0.124. The van der Waals surface area contributed by atoms with Crippen molar-refractivity contribution in [1.82, 2.24) is 0 Å². The van der Waals surface area contributed by atoms with Crippen LogP contribution in [0.2, 0.25) is 0 Å². The molecule has 72 valence electrons. The van der Waals surface area contributed by atoms with E-state index in [1.54, 1.807) is 6.92 Å². The lowest BCUT2D eigenvalue weighted by Crippen LogP contribution is -2.22. The zero-order valence-electron chi connectivity index (χ0n) is 8.29. The Morgan fingerprint density at radius 3 is 2.17 bits per heavy atom. The number of Topliss-reactive ketones (excluding diaryl/α,β-unsaturated/α-hetero) is 1. The number of ketones is 1. The lowest BCUT2D eigenvalue weighted by atomic mass is 10.2. The Hall–Kier alpha value is -0.180. The Morgan fingerprint density at radius 2 is 1.83 bits per heavy atom. The van der Waals surface area contributed by atoms with Crippen LogP contribution in [-0.2, 0) is 15.6 Å².